The number of nitrogens with zero attached hydrogens (tertiary/aromatic N) is 4. The van der Waals surface area contributed by atoms with E-state index in [1.807, 2.05) is 35.2 Å². The molecule has 118 valence electrons. The summed E-state index contributed by atoms with van der Waals surface area (Å²) in [5.74, 6) is 0.545. The van der Waals surface area contributed by atoms with Crippen LogP contribution in [0.25, 0.3) is 11.2 Å². The van der Waals surface area contributed by atoms with E-state index >= 15 is 0 Å². The first-order chi connectivity index (χ1) is 11.1. The van der Waals surface area contributed by atoms with Gasteiger partial charge in [-0.3, -0.25) is 14.3 Å². The Hall–Kier alpha value is -2.87. The van der Waals surface area contributed by atoms with Crippen LogP contribution in [0.4, 0.5) is 11.6 Å². The summed E-state index contributed by atoms with van der Waals surface area (Å²) in [5, 5.41) is 10.2. The lowest BCUT2D eigenvalue weighted by atomic mass is 10.2. The summed E-state index contributed by atoms with van der Waals surface area (Å²) in [6.45, 7) is 0.635. The molecule has 0 radical (unpaired) electrons. The zero-order valence-corrected chi connectivity index (χ0v) is 12.4. The summed E-state index contributed by atoms with van der Waals surface area (Å²) < 4.78 is 2.96. The Labute approximate surface area is 130 Å². The number of fused-ring (bicyclic) bond motifs is 3. The van der Waals surface area contributed by atoms with E-state index in [-0.39, 0.29) is 6.54 Å². The molecular weight excluding hydrogens is 298 g/mol. The van der Waals surface area contributed by atoms with Gasteiger partial charge in [0.1, 0.15) is 0 Å². The third-order valence-corrected chi connectivity index (χ3v) is 4.08. The molecule has 2 aromatic heterocycles. The molecule has 1 atom stereocenters. The Bertz CT molecular complexity index is 1000. The van der Waals surface area contributed by atoms with Crippen molar-refractivity contribution in [3.05, 3.63) is 51.2 Å². The number of aromatic amines is 1. The van der Waals surface area contributed by atoms with Crippen molar-refractivity contribution in [3.63, 3.8) is 0 Å². The van der Waals surface area contributed by atoms with Crippen LogP contribution in [0.3, 0.4) is 0 Å². The largest absolute Gasteiger partial charge is 0.389 e. The molecule has 0 aliphatic carbocycles. The van der Waals surface area contributed by atoms with E-state index in [9.17, 15) is 14.7 Å². The number of aliphatic hydroxyl groups is 1. The molecule has 2 N–H and O–H groups in total. The van der Waals surface area contributed by atoms with Gasteiger partial charge >= 0.3 is 5.69 Å². The standard InChI is InChI=1S/C15H15N5O3/c1-18-12-11(13(22)17-15(18)23)20-8-10(21)7-19(14(20)16-12)9-5-3-2-4-6-9/h2-6,10,21H,7-8H2,1H3,(H,17,22,23)/t10-/m1/s1. The molecular formula is C15H15N5O3. The van der Waals surface area contributed by atoms with Gasteiger partial charge in [-0.2, -0.15) is 4.98 Å². The van der Waals surface area contributed by atoms with Gasteiger partial charge in [0.15, 0.2) is 11.2 Å². The lowest BCUT2D eigenvalue weighted by Gasteiger charge is -2.32. The number of aromatic nitrogens is 4. The number of aryl methyl sites for hydroxylation is 1. The number of para-hydroxylation sites is 1. The molecule has 8 heteroatoms. The monoisotopic (exact) mass is 313 g/mol. The minimum Gasteiger partial charge on any atom is -0.389 e. The van der Waals surface area contributed by atoms with Gasteiger partial charge in [0.2, 0.25) is 5.95 Å². The third-order valence-electron chi connectivity index (χ3n) is 4.08. The van der Waals surface area contributed by atoms with E-state index in [0.717, 1.165) is 5.69 Å². The van der Waals surface area contributed by atoms with Crippen molar-refractivity contribution in [2.45, 2.75) is 12.6 Å². The first-order valence-corrected chi connectivity index (χ1v) is 7.26. The van der Waals surface area contributed by atoms with Gasteiger partial charge in [-0.1, -0.05) is 18.2 Å². The van der Waals surface area contributed by atoms with Crippen LogP contribution in [0.2, 0.25) is 0 Å². The zero-order valence-electron chi connectivity index (χ0n) is 12.4. The fourth-order valence-corrected chi connectivity index (χ4v) is 2.99. The number of imidazole rings is 1. The quantitative estimate of drug-likeness (QED) is 0.656. The number of nitrogens with one attached hydrogen (secondary N) is 1. The summed E-state index contributed by atoms with van der Waals surface area (Å²) in [7, 11) is 1.56. The molecule has 0 amide bonds. The van der Waals surface area contributed by atoms with Crippen LogP contribution in [-0.2, 0) is 13.6 Å². The first kappa shape index (κ1) is 13.8. The normalized spacial score (nSPS) is 17.5. The number of aliphatic hydroxyl groups excluding tert-OH is 1. The third kappa shape index (κ3) is 1.99. The lowest BCUT2D eigenvalue weighted by Crippen LogP contribution is -2.39. The molecule has 0 fully saturated rings. The Kier molecular flexibility index (Phi) is 2.88. The molecule has 0 unspecified atom stereocenters. The van der Waals surface area contributed by atoms with Crippen LogP contribution < -0.4 is 16.1 Å². The summed E-state index contributed by atoms with van der Waals surface area (Å²) in [5.41, 5.74) is 0.462. The van der Waals surface area contributed by atoms with Crippen molar-refractivity contribution in [3.8, 4) is 0 Å². The fourth-order valence-electron chi connectivity index (χ4n) is 2.99. The van der Waals surface area contributed by atoms with Crippen molar-refractivity contribution >= 4 is 22.8 Å². The summed E-state index contributed by atoms with van der Waals surface area (Å²) in [6, 6.07) is 9.51. The molecule has 0 spiro atoms. The number of benzene rings is 1. The van der Waals surface area contributed by atoms with Gasteiger partial charge in [-0.15, -0.1) is 0 Å². The second-order valence-electron chi connectivity index (χ2n) is 5.61. The second kappa shape index (κ2) is 4.82. The lowest BCUT2D eigenvalue weighted by molar-refractivity contribution is 0.154. The van der Waals surface area contributed by atoms with Crippen molar-refractivity contribution in [2.75, 3.05) is 11.4 Å². The number of H-pyrrole nitrogens is 1. The second-order valence-corrected chi connectivity index (χ2v) is 5.61. The summed E-state index contributed by atoms with van der Waals surface area (Å²) in [4.78, 5) is 32.6. The Balaban J connectivity index is 2.04. The van der Waals surface area contributed by atoms with Crippen molar-refractivity contribution in [2.24, 2.45) is 7.05 Å². The number of rotatable bonds is 1. The van der Waals surface area contributed by atoms with Crippen LogP contribution >= 0.6 is 0 Å². The van der Waals surface area contributed by atoms with E-state index in [2.05, 4.69) is 9.97 Å². The number of hydrogen-bond acceptors (Lipinski definition) is 5. The number of anilines is 2. The predicted molar refractivity (Wildman–Crippen MR) is 85.0 cm³/mol. The molecule has 0 bridgehead atoms. The van der Waals surface area contributed by atoms with Gasteiger partial charge in [0, 0.05) is 12.7 Å². The maximum atomic E-state index is 12.2. The first-order valence-electron chi connectivity index (χ1n) is 7.26. The van der Waals surface area contributed by atoms with Crippen molar-refractivity contribution in [1.29, 1.82) is 0 Å². The molecule has 23 heavy (non-hydrogen) atoms. The van der Waals surface area contributed by atoms with Crippen LogP contribution in [0.5, 0.6) is 0 Å². The van der Waals surface area contributed by atoms with E-state index in [4.69, 9.17) is 0 Å². The number of β-amino-alcohol motifs (C(OH)–C–C–N with tert-alkyl or cyclic N) is 1. The smallest absolute Gasteiger partial charge is 0.329 e. The zero-order chi connectivity index (χ0) is 16.1. The Morgan fingerprint density at radius 2 is 1.96 bits per heavy atom. The average Bonchev–Trinajstić information content (AvgIpc) is 2.92. The average molecular weight is 313 g/mol. The Morgan fingerprint density at radius 1 is 1.22 bits per heavy atom. The maximum absolute atomic E-state index is 12.2. The molecule has 4 rings (SSSR count). The highest BCUT2D eigenvalue weighted by atomic mass is 16.3. The van der Waals surface area contributed by atoms with Gasteiger partial charge in [-0.05, 0) is 12.1 Å². The summed E-state index contributed by atoms with van der Waals surface area (Å²) >= 11 is 0. The molecule has 8 nitrogen and oxygen atoms in total. The van der Waals surface area contributed by atoms with Crippen molar-refractivity contribution < 1.29 is 5.11 Å². The highest BCUT2D eigenvalue weighted by Crippen LogP contribution is 2.30. The molecule has 3 aromatic rings. The van der Waals surface area contributed by atoms with Crippen LogP contribution in [0, 0.1) is 0 Å². The van der Waals surface area contributed by atoms with Gasteiger partial charge in [-0.25, -0.2) is 4.79 Å². The van der Waals surface area contributed by atoms with Gasteiger partial charge in [0.05, 0.1) is 19.2 Å². The predicted octanol–water partition coefficient (Wildman–Crippen LogP) is -0.0641. The molecule has 0 saturated heterocycles. The highest BCUT2D eigenvalue weighted by molar-refractivity contribution is 5.77. The fraction of sp³-hybridized carbons (Fsp3) is 0.267. The van der Waals surface area contributed by atoms with E-state index in [1.165, 1.54) is 4.57 Å². The van der Waals surface area contributed by atoms with Gasteiger partial charge < -0.3 is 14.6 Å². The minimum absolute atomic E-state index is 0.260. The summed E-state index contributed by atoms with van der Waals surface area (Å²) in [6.07, 6.45) is -0.642. The molecule has 1 aliphatic rings. The molecule has 1 aromatic carbocycles. The van der Waals surface area contributed by atoms with Gasteiger partial charge in [0.25, 0.3) is 5.56 Å². The van der Waals surface area contributed by atoms with Crippen molar-refractivity contribution in [1.82, 2.24) is 19.1 Å². The highest BCUT2D eigenvalue weighted by Gasteiger charge is 2.29. The number of hydrogen-bond donors (Lipinski definition) is 2. The van der Waals surface area contributed by atoms with E-state index in [1.54, 1.807) is 11.6 Å². The molecule has 0 saturated carbocycles. The molecule has 1 aliphatic heterocycles. The van der Waals surface area contributed by atoms with Crippen LogP contribution in [0.15, 0.2) is 39.9 Å². The maximum Gasteiger partial charge on any atom is 0.329 e. The molecule has 3 heterocycles. The Morgan fingerprint density at radius 3 is 2.70 bits per heavy atom. The van der Waals surface area contributed by atoms with Crippen LogP contribution in [-0.4, -0.2) is 36.9 Å². The van der Waals surface area contributed by atoms with E-state index < -0.39 is 17.4 Å². The van der Waals surface area contributed by atoms with Crippen LogP contribution in [0.1, 0.15) is 0 Å². The SMILES string of the molecule is Cn1c(=O)[nH]c(=O)c2c1nc1n2C[C@H](O)CN1c1ccccc1. The topological polar surface area (TPSA) is 96.2 Å². The van der Waals surface area contributed by atoms with E-state index in [0.29, 0.717) is 23.7 Å². The minimum atomic E-state index is -0.642.